The van der Waals surface area contributed by atoms with E-state index >= 15 is 0 Å². The van der Waals surface area contributed by atoms with E-state index in [0.717, 1.165) is 26.1 Å². The van der Waals surface area contributed by atoms with Crippen molar-refractivity contribution in [3.05, 3.63) is 53.6 Å². The summed E-state index contributed by atoms with van der Waals surface area (Å²) in [5.41, 5.74) is 1.95. The molecule has 4 rings (SSSR count). The molecule has 0 aliphatic carbocycles. The molecule has 2 aliphatic rings. The zero-order valence-electron chi connectivity index (χ0n) is 15.3. The summed E-state index contributed by atoms with van der Waals surface area (Å²) in [5, 5.41) is 5.78. The Labute approximate surface area is 161 Å². The molecule has 2 heterocycles. The summed E-state index contributed by atoms with van der Waals surface area (Å²) < 4.78 is 33.0. The van der Waals surface area contributed by atoms with Crippen molar-refractivity contribution in [2.75, 3.05) is 30.4 Å². The number of amides is 1. The van der Waals surface area contributed by atoms with E-state index in [1.165, 1.54) is 24.4 Å². The van der Waals surface area contributed by atoms with Crippen LogP contribution < -0.4 is 10.6 Å². The number of hydrogen-bond donors (Lipinski definition) is 2. The Morgan fingerprint density at radius 2 is 2.00 bits per heavy atom. The summed E-state index contributed by atoms with van der Waals surface area (Å²) in [6.07, 6.45) is 3.42. The van der Waals surface area contributed by atoms with E-state index in [2.05, 4.69) is 15.6 Å². The van der Waals surface area contributed by atoms with Gasteiger partial charge < -0.3 is 15.4 Å². The minimum Gasteiger partial charge on any atom is -0.382 e. The molecule has 1 atom stereocenters. The molecule has 1 saturated heterocycles. The molecule has 1 amide bonds. The van der Waals surface area contributed by atoms with E-state index in [-0.39, 0.29) is 11.7 Å². The van der Waals surface area contributed by atoms with Crippen molar-refractivity contribution < 1.29 is 18.3 Å². The zero-order chi connectivity index (χ0) is 19.5. The largest absolute Gasteiger partial charge is 0.382 e. The van der Waals surface area contributed by atoms with Crippen molar-refractivity contribution in [2.45, 2.75) is 18.8 Å². The van der Waals surface area contributed by atoms with Gasteiger partial charge in [0.25, 0.3) is 0 Å². The molecule has 7 heteroatoms. The third-order valence-electron chi connectivity index (χ3n) is 5.14. The molecule has 2 aromatic rings. The van der Waals surface area contributed by atoms with E-state index in [9.17, 15) is 13.6 Å². The van der Waals surface area contributed by atoms with Gasteiger partial charge >= 0.3 is 0 Å². The summed E-state index contributed by atoms with van der Waals surface area (Å²) in [6, 6.07) is 8.83. The van der Waals surface area contributed by atoms with Gasteiger partial charge in [-0.2, -0.15) is 0 Å². The number of hydrogen-bond acceptors (Lipinski definition) is 4. The molecule has 5 nitrogen and oxygen atoms in total. The molecule has 0 aromatic heterocycles. The summed E-state index contributed by atoms with van der Waals surface area (Å²) in [6.45, 7) is 2.22. The Balaban J connectivity index is 1.42. The SMILES string of the molecule is O=C1Nc2cc(F)ccc2C1C=Nc1ccc(NCC2CCOCC2)c(F)c1. The number of ether oxygens (including phenoxy) is 1. The fourth-order valence-electron chi connectivity index (χ4n) is 3.50. The number of anilines is 2. The quantitative estimate of drug-likeness (QED) is 0.757. The van der Waals surface area contributed by atoms with Gasteiger partial charge in [-0.3, -0.25) is 9.79 Å². The lowest BCUT2D eigenvalue weighted by molar-refractivity contribution is -0.115. The lowest BCUT2D eigenvalue weighted by Gasteiger charge is -2.22. The number of rotatable bonds is 5. The highest BCUT2D eigenvalue weighted by molar-refractivity contribution is 6.12. The molecular formula is C21H21F2N3O2. The second-order valence-corrected chi connectivity index (χ2v) is 7.08. The highest BCUT2D eigenvalue weighted by Gasteiger charge is 2.29. The molecule has 0 bridgehead atoms. The molecule has 1 unspecified atom stereocenters. The molecule has 0 saturated carbocycles. The highest BCUT2D eigenvalue weighted by Crippen LogP contribution is 2.32. The van der Waals surface area contributed by atoms with Crippen molar-refractivity contribution in [3.63, 3.8) is 0 Å². The van der Waals surface area contributed by atoms with E-state index in [1.54, 1.807) is 18.2 Å². The van der Waals surface area contributed by atoms with E-state index in [4.69, 9.17) is 4.74 Å². The average Bonchev–Trinajstić information content (AvgIpc) is 3.00. The van der Waals surface area contributed by atoms with Gasteiger partial charge in [0.2, 0.25) is 5.91 Å². The molecule has 1 fully saturated rings. The predicted octanol–water partition coefficient (Wildman–Crippen LogP) is 4.24. The lowest BCUT2D eigenvalue weighted by atomic mass is 10.0. The highest BCUT2D eigenvalue weighted by atomic mass is 19.1. The fraction of sp³-hybridized carbons (Fsp3) is 0.333. The molecule has 146 valence electrons. The van der Waals surface area contributed by atoms with Crippen molar-refractivity contribution >= 4 is 29.2 Å². The van der Waals surface area contributed by atoms with Crippen LogP contribution in [0.1, 0.15) is 24.3 Å². The van der Waals surface area contributed by atoms with Gasteiger partial charge in [-0.25, -0.2) is 8.78 Å². The van der Waals surface area contributed by atoms with Crippen molar-refractivity contribution in [3.8, 4) is 0 Å². The van der Waals surface area contributed by atoms with Crippen LogP contribution in [0.15, 0.2) is 41.4 Å². The Kier molecular flexibility index (Phi) is 5.34. The van der Waals surface area contributed by atoms with Crippen molar-refractivity contribution in [1.29, 1.82) is 0 Å². The first-order valence-corrected chi connectivity index (χ1v) is 9.36. The predicted molar refractivity (Wildman–Crippen MR) is 104 cm³/mol. The average molecular weight is 385 g/mol. The zero-order valence-corrected chi connectivity index (χ0v) is 15.3. The van der Waals surface area contributed by atoms with Crippen LogP contribution in [-0.2, 0) is 9.53 Å². The van der Waals surface area contributed by atoms with Crippen LogP contribution >= 0.6 is 0 Å². The van der Waals surface area contributed by atoms with Gasteiger partial charge in [0.05, 0.1) is 11.4 Å². The third-order valence-corrected chi connectivity index (χ3v) is 5.14. The Morgan fingerprint density at radius 1 is 1.18 bits per heavy atom. The summed E-state index contributed by atoms with van der Waals surface area (Å²) in [7, 11) is 0. The first-order chi connectivity index (χ1) is 13.6. The Hall–Kier alpha value is -2.80. The van der Waals surface area contributed by atoms with Crippen LogP contribution in [0.4, 0.5) is 25.8 Å². The van der Waals surface area contributed by atoms with Gasteiger partial charge in [0.15, 0.2) is 0 Å². The topological polar surface area (TPSA) is 62.7 Å². The number of benzene rings is 2. The smallest absolute Gasteiger partial charge is 0.237 e. The van der Waals surface area contributed by atoms with Crippen LogP contribution in [-0.4, -0.2) is 31.9 Å². The van der Waals surface area contributed by atoms with Crippen molar-refractivity contribution in [1.82, 2.24) is 0 Å². The number of aliphatic imine (C=N–C) groups is 1. The number of nitrogens with zero attached hydrogens (tertiary/aromatic N) is 1. The van der Waals surface area contributed by atoms with E-state index in [1.807, 2.05) is 0 Å². The normalized spacial score (nSPS) is 19.6. The number of halogens is 2. The standard InChI is InChI=1S/C21H21F2N3O2/c22-14-1-3-16-17(21(27)26-20(16)9-14)12-24-15-2-4-19(18(23)10-15)25-11-13-5-7-28-8-6-13/h1-4,9-10,12-13,17,25H,5-8,11H2,(H,26,27). The second kappa shape index (κ2) is 8.06. The van der Waals surface area contributed by atoms with Gasteiger partial charge in [-0.1, -0.05) is 6.07 Å². The second-order valence-electron chi connectivity index (χ2n) is 7.08. The maximum absolute atomic E-state index is 14.4. The maximum Gasteiger partial charge on any atom is 0.237 e. The number of carbonyl (C=O) groups excluding carboxylic acids is 1. The molecule has 0 spiro atoms. The van der Waals surface area contributed by atoms with Crippen LogP contribution in [0.2, 0.25) is 0 Å². The van der Waals surface area contributed by atoms with Crippen LogP contribution in [0.3, 0.4) is 0 Å². The molecule has 0 radical (unpaired) electrons. The van der Waals surface area contributed by atoms with E-state index < -0.39 is 11.7 Å². The fourth-order valence-corrected chi connectivity index (χ4v) is 3.50. The molecule has 2 aromatic carbocycles. The van der Waals surface area contributed by atoms with Gasteiger partial charge in [-0.05, 0) is 48.6 Å². The monoisotopic (exact) mass is 385 g/mol. The van der Waals surface area contributed by atoms with E-state index in [0.29, 0.717) is 35.1 Å². The van der Waals surface area contributed by atoms with Gasteiger partial charge in [-0.15, -0.1) is 0 Å². The number of nitrogens with one attached hydrogen (secondary N) is 2. The molecular weight excluding hydrogens is 364 g/mol. The molecule has 2 aliphatic heterocycles. The lowest BCUT2D eigenvalue weighted by Crippen LogP contribution is -2.22. The summed E-state index contributed by atoms with van der Waals surface area (Å²) in [4.78, 5) is 16.4. The number of fused-ring (bicyclic) bond motifs is 1. The minimum absolute atomic E-state index is 0.278. The van der Waals surface area contributed by atoms with Gasteiger partial charge in [0.1, 0.15) is 17.6 Å². The number of carbonyl (C=O) groups is 1. The summed E-state index contributed by atoms with van der Waals surface area (Å²) >= 11 is 0. The van der Waals surface area contributed by atoms with Crippen molar-refractivity contribution in [2.24, 2.45) is 10.9 Å². The van der Waals surface area contributed by atoms with Crippen LogP contribution in [0.25, 0.3) is 0 Å². The van der Waals surface area contributed by atoms with Crippen LogP contribution in [0.5, 0.6) is 0 Å². The maximum atomic E-state index is 14.4. The minimum atomic E-state index is -0.620. The summed E-state index contributed by atoms with van der Waals surface area (Å²) in [5.74, 6) is -1.22. The Morgan fingerprint density at radius 3 is 2.79 bits per heavy atom. The Bertz CT molecular complexity index is 911. The first kappa shape index (κ1) is 18.6. The van der Waals surface area contributed by atoms with Gasteiger partial charge in [0, 0.05) is 37.7 Å². The van der Waals surface area contributed by atoms with Crippen LogP contribution in [0, 0.1) is 17.6 Å². The first-order valence-electron chi connectivity index (χ1n) is 9.36. The third kappa shape index (κ3) is 4.04. The molecule has 2 N–H and O–H groups in total. The molecule has 28 heavy (non-hydrogen) atoms.